The van der Waals surface area contributed by atoms with Crippen molar-refractivity contribution in [3.05, 3.63) is 39.1 Å². The number of phenolic OH excluding ortho intramolecular Hbond substituents is 1. The summed E-state index contributed by atoms with van der Waals surface area (Å²) in [5, 5.41) is 22.0. The number of benzene rings is 2. The second kappa shape index (κ2) is 9.28. The molecule has 38 heavy (non-hydrogen) atoms. The molecule has 1 fully saturated rings. The van der Waals surface area contributed by atoms with Gasteiger partial charge in [-0.25, -0.2) is 0 Å². The topological polar surface area (TPSA) is 110 Å². The highest BCUT2D eigenvalue weighted by atomic mass is 16.5. The van der Waals surface area contributed by atoms with Crippen LogP contribution in [0.4, 0.5) is 0 Å². The summed E-state index contributed by atoms with van der Waals surface area (Å²) >= 11 is 0. The molecule has 1 saturated heterocycles. The Morgan fingerprint density at radius 1 is 0.868 bits per heavy atom. The number of likely N-dealkylation sites (N-methyl/N-ethyl adjacent to an activating group) is 1. The van der Waals surface area contributed by atoms with E-state index in [-0.39, 0.29) is 18.3 Å². The van der Waals surface area contributed by atoms with Crippen molar-refractivity contribution in [3.63, 3.8) is 0 Å². The summed E-state index contributed by atoms with van der Waals surface area (Å²) in [6, 6.07) is -1.76. The van der Waals surface area contributed by atoms with Gasteiger partial charge in [-0.15, -0.1) is 0 Å². The van der Waals surface area contributed by atoms with E-state index in [1.165, 1.54) is 14.2 Å². The van der Waals surface area contributed by atoms with Crippen molar-refractivity contribution in [2.45, 2.75) is 38.4 Å². The number of aromatic hydroxyl groups is 1. The fourth-order valence-corrected chi connectivity index (χ4v) is 6.57. The molecule has 3 aliphatic heterocycles. The molecular formula is C28H34N2O8. The molecule has 2 aromatic carbocycles. The molecule has 0 spiro atoms. The van der Waals surface area contributed by atoms with Gasteiger partial charge in [-0.05, 0) is 27.0 Å². The third-order valence-electron chi connectivity index (χ3n) is 8.20. The van der Waals surface area contributed by atoms with E-state index >= 15 is 0 Å². The van der Waals surface area contributed by atoms with Crippen molar-refractivity contribution in [2.24, 2.45) is 0 Å². The second-order valence-electron chi connectivity index (χ2n) is 9.75. The third kappa shape index (κ3) is 3.16. The number of fused-ring (bicyclic) bond motifs is 7. The van der Waals surface area contributed by atoms with Crippen molar-refractivity contribution in [1.82, 2.24) is 9.80 Å². The first-order valence-electron chi connectivity index (χ1n) is 12.4. The average molecular weight is 527 g/mol. The van der Waals surface area contributed by atoms with Crippen LogP contribution in [0.25, 0.3) is 6.08 Å². The number of ether oxygens (including phenoxy) is 5. The summed E-state index contributed by atoms with van der Waals surface area (Å²) in [6.45, 7) is 3.26. The largest absolute Gasteiger partial charge is 0.507 e. The van der Waals surface area contributed by atoms with E-state index in [1.54, 1.807) is 39.2 Å². The molecule has 0 radical (unpaired) electrons. The van der Waals surface area contributed by atoms with Gasteiger partial charge in [0.15, 0.2) is 23.0 Å². The summed E-state index contributed by atoms with van der Waals surface area (Å²) in [4.78, 5) is 17.8. The number of hydrogen-bond donors (Lipinski definition) is 2. The van der Waals surface area contributed by atoms with E-state index in [0.29, 0.717) is 57.6 Å². The van der Waals surface area contributed by atoms with Crippen LogP contribution in [0, 0.1) is 13.8 Å². The Balaban J connectivity index is 1.89. The molecule has 3 atom stereocenters. The smallest absolute Gasteiger partial charge is 0.245 e. The van der Waals surface area contributed by atoms with E-state index in [2.05, 4.69) is 0 Å². The monoisotopic (exact) mass is 526 g/mol. The van der Waals surface area contributed by atoms with E-state index in [1.807, 2.05) is 18.9 Å². The van der Waals surface area contributed by atoms with E-state index in [4.69, 9.17) is 23.7 Å². The number of amides is 1. The summed E-state index contributed by atoms with van der Waals surface area (Å²) in [5.41, 5.74) is 4.57. The zero-order valence-corrected chi connectivity index (χ0v) is 23.0. The molecule has 5 rings (SSSR count). The first kappa shape index (κ1) is 26.0. The minimum absolute atomic E-state index is 0.00235. The first-order valence-corrected chi connectivity index (χ1v) is 12.4. The van der Waals surface area contributed by atoms with Crippen molar-refractivity contribution < 1.29 is 38.7 Å². The zero-order chi connectivity index (χ0) is 27.6. The van der Waals surface area contributed by atoms with Gasteiger partial charge < -0.3 is 38.8 Å². The van der Waals surface area contributed by atoms with Gasteiger partial charge in [0.1, 0.15) is 11.5 Å². The van der Waals surface area contributed by atoms with Gasteiger partial charge in [0.05, 0.1) is 60.3 Å². The number of rotatable bonds is 6. The molecule has 0 unspecified atom stereocenters. The Hall–Kier alpha value is -3.63. The van der Waals surface area contributed by atoms with Gasteiger partial charge in [0, 0.05) is 45.5 Å². The number of hydrogen-bond acceptors (Lipinski definition) is 9. The fourth-order valence-electron chi connectivity index (χ4n) is 6.57. The van der Waals surface area contributed by atoms with Crippen LogP contribution in [-0.4, -0.2) is 81.2 Å². The lowest BCUT2D eigenvalue weighted by Crippen LogP contribution is -2.60. The van der Waals surface area contributed by atoms with Crippen LogP contribution in [0.3, 0.4) is 0 Å². The zero-order valence-electron chi connectivity index (χ0n) is 23.0. The SMILES string of the molecule is COc1c(C)c(OC)c(OC)c2c1C[C@H]1C(=O)N3C(=Cc4c(O)c(C)c(OC)c(OC)c4[C@@H]3CO)[C@@H]2N1C. The molecule has 3 heterocycles. The van der Waals surface area contributed by atoms with E-state index in [0.717, 1.165) is 16.7 Å². The average Bonchev–Trinajstić information content (AvgIpc) is 2.91. The number of phenols is 1. The van der Waals surface area contributed by atoms with Crippen LogP contribution in [0.1, 0.15) is 45.5 Å². The summed E-state index contributed by atoms with van der Waals surface area (Å²) in [5.74, 6) is 2.34. The minimum atomic E-state index is -0.798. The molecule has 0 aliphatic carbocycles. The number of carbonyl (C=O) groups excluding carboxylic acids is 1. The molecule has 2 aromatic rings. The van der Waals surface area contributed by atoms with Crippen molar-refractivity contribution >= 4 is 12.0 Å². The maximum Gasteiger partial charge on any atom is 0.245 e. The molecule has 2 N–H and O–H groups in total. The Kier molecular flexibility index (Phi) is 6.35. The number of methoxy groups -OCH3 is 5. The van der Waals surface area contributed by atoms with Crippen molar-refractivity contribution in [1.29, 1.82) is 0 Å². The maximum absolute atomic E-state index is 14.1. The Labute approximate surface area is 221 Å². The molecular weight excluding hydrogens is 492 g/mol. The van der Waals surface area contributed by atoms with Crippen molar-refractivity contribution in [3.8, 4) is 34.5 Å². The van der Waals surface area contributed by atoms with E-state index < -0.39 is 18.1 Å². The van der Waals surface area contributed by atoms with Crippen LogP contribution >= 0.6 is 0 Å². The number of aliphatic hydroxyl groups excluding tert-OH is 1. The van der Waals surface area contributed by atoms with E-state index in [9.17, 15) is 15.0 Å². The van der Waals surface area contributed by atoms with Crippen LogP contribution in [0.2, 0.25) is 0 Å². The Bertz CT molecular complexity index is 1370. The normalized spacial score (nSPS) is 21.7. The molecule has 2 bridgehead atoms. The highest BCUT2D eigenvalue weighted by Crippen LogP contribution is 2.58. The lowest BCUT2D eigenvalue weighted by molar-refractivity contribution is -0.144. The molecule has 1 amide bonds. The van der Waals surface area contributed by atoms with Gasteiger partial charge >= 0.3 is 0 Å². The molecule has 10 nitrogen and oxygen atoms in total. The number of piperazine rings is 1. The third-order valence-corrected chi connectivity index (χ3v) is 8.20. The van der Waals surface area contributed by atoms with Gasteiger partial charge in [0.2, 0.25) is 5.91 Å². The predicted octanol–water partition coefficient (Wildman–Crippen LogP) is 2.88. The number of nitrogens with zero attached hydrogens (tertiary/aromatic N) is 2. The number of carbonyl (C=O) groups is 1. The highest BCUT2D eigenvalue weighted by Gasteiger charge is 2.53. The highest BCUT2D eigenvalue weighted by molar-refractivity contribution is 5.91. The van der Waals surface area contributed by atoms with Gasteiger partial charge in [0.25, 0.3) is 0 Å². The van der Waals surface area contributed by atoms with Gasteiger partial charge in [-0.2, -0.15) is 0 Å². The summed E-state index contributed by atoms with van der Waals surface area (Å²) in [7, 11) is 9.68. The molecule has 10 heteroatoms. The molecule has 0 saturated carbocycles. The summed E-state index contributed by atoms with van der Waals surface area (Å²) in [6.07, 6.45) is 2.19. The van der Waals surface area contributed by atoms with Gasteiger partial charge in [-0.3, -0.25) is 9.69 Å². The first-order chi connectivity index (χ1) is 18.2. The standard InChI is InChI=1S/C28H34N2O8/c1-12-22(32)14-9-16-21-20-15(23(34-4)13(2)25(36-6)27(20)38-8)10-17(29(21)3)28(33)30(16)18(11-31)19(14)26(37-7)24(12)35-5/h9,17-18,21,31-32H,10-11H2,1-8H3/t17-,18-,21-/m0/s1. The lowest BCUT2D eigenvalue weighted by Gasteiger charge is -2.53. The fraction of sp³-hybridized carbons (Fsp3) is 0.464. The van der Waals surface area contributed by atoms with Crippen molar-refractivity contribution in [2.75, 3.05) is 49.2 Å². The second-order valence-corrected chi connectivity index (χ2v) is 9.75. The number of aliphatic hydroxyl groups is 1. The van der Waals surface area contributed by atoms with Gasteiger partial charge in [-0.1, -0.05) is 0 Å². The Morgan fingerprint density at radius 2 is 1.42 bits per heavy atom. The molecule has 3 aliphatic rings. The van der Waals surface area contributed by atoms with Crippen LogP contribution in [0.15, 0.2) is 5.70 Å². The maximum atomic E-state index is 14.1. The van der Waals surface area contributed by atoms with Crippen LogP contribution in [0.5, 0.6) is 34.5 Å². The summed E-state index contributed by atoms with van der Waals surface area (Å²) < 4.78 is 28.8. The molecule has 204 valence electrons. The van der Waals surface area contributed by atoms with Crippen LogP contribution in [-0.2, 0) is 11.2 Å². The van der Waals surface area contributed by atoms with Crippen LogP contribution < -0.4 is 23.7 Å². The quantitative estimate of drug-likeness (QED) is 0.587. The lowest BCUT2D eigenvalue weighted by atomic mass is 9.77. The Morgan fingerprint density at radius 3 is 1.97 bits per heavy atom. The predicted molar refractivity (Wildman–Crippen MR) is 139 cm³/mol. The minimum Gasteiger partial charge on any atom is -0.507 e. The molecule has 0 aromatic heterocycles.